The van der Waals surface area contributed by atoms with Crippen LogP contribution in [0.15, 0.2) is 0 Å². The van der Waals surface area contributed by atoms with Crippen molar-refractivity contribution in [3.05, 3.63) is 0 Å². The molecule has 2 atom stereocenters. The predicted molar refractivity (Wildman–Crippen MR) is 50.2 cm³/mol. The van der Waals surface area contributed by atoms with E-state index in [-0.39, 0.29) is 6.61 Å². The van der Waals surface area contributed by atoms with Crippen molar-refractivity contribution in [1.82, 2.24) is 9.80 Å². The lowest BCUT2D eigenvalue weighted by atomic mass is 10.2. The summed E-state index contributed by atoms with van der Waals surface area (Å²) in [7, 11) is 4.25. The zero-order valence-corrected chi connectivity index (χ0v) is 8.32. The molecule has 0 aromatic carbocycles. The molecule has 1 saturated heterocycles. The number of likely N-dealkylation sites (tertiary alicyclic amines) is 1. The quantitative estimate of drug-likeness (QED) is 0.649. The summed E-state index contributed by atoms with van der Waals surface area (Å²) in [6, 6.07) is 1.33. The molecular weight excluding hydrogens is 152 g/mol. The summed E-state index contributed by atoms with van der Waals surface area (Å²) >= 11 is 0. The Morgan fingerprint density at radius 3 is 2.67 bits per heavy atom. The van der Waals surface area contributed by atoms with E-state index < -0.39 is 0 Å². The normalized spacial score (nSPS) is 31.8. The van der Waals surface area contributed by atoms with Gasteiger partial charge >= 0.3 is 0 Å². The van der Waals surface area contributed by atoms with Crippen LogP contribution in [-0.4, -0.2) is 60.8 Å². The Labute approximate surface area is 75.0 Å². The van der Waals surface area contributed by atoms with Crippen LogP contribution >= 0.6 is 0 Å². The van der Waals surface area contributed by atoms with E-state index in [0.717, 1.165) is 13.1 Å². The average molecular weight is 172 g/mol. The van der Waals surface area contributed by atoms with Crippen LogP contribution in [0, 0.1) is 0 Å². The first-order valence-electron chi connectivity index (χ1n) is 4.66. The van der Waals surface area contributed by atoms with Crippen LogP contribution in [0.3, 0.4) is 0 Å². The largest absolute Gasteiger partial charge is 0.395 e. The maximum Gasteiger partial charge on any atom is 0.0558 e. The highest BCUT2D eigenvalue weighted by Crippen LogP contribution is 2.18. The number of aliphatic hydroxyl groups excluding tert-OH is 1. The molecule has 72 valence electrons. The molecule has 1 aliphatic rings. The standard InChI is InChI=1S/C9H20N2O/c1-8-6-9(7-11(8)3)10(2)4-5-12/h8-9,12H,4-7H2,1-3H3. The van der Waals surface area contributed by atoms with Gasteiger partial charge in [0, 0.05) is 25.2 Å². The third-order valence-corrected chi connectivity index (χ3v) is 2.94. The molecule has 0 aliphatic carbocycles. The summed E-state index contributed by atoms with van der Waals surface area (Å²) in [5, 5.41) is 8.77. The highest BCUT2D eigenvalue weighted by atomic mass is 16.3. The minimum absolute atomic E-state index is 0.269. The van der Waals surface area contributed by atoms with Gasteiger partial charge in [0.2, 0.25) is 0 Å². The minimum Gasteiger partial charge on any atom is -0.395 e. The third-order valence-electron chi connectivity index (χ3n) is 2.94. The molecule has 0 radical (unpaired) electrons. The Kier molecular flexibility index (Phi) is 3.50. The Morgan fingerprint density at radius 1 is 1.58 bits per heavy atom. The summed E-state index contributed by atoms with van der Waals surface area (Å²) in [5.74, 6) is 0. The molecule has 1 rings (SSSR count). The zero-order chi connectivity index (χ0) is 9.14. The molecule has 1 aliphatic heterocycles. The zero-order valence-electron chi connectivity index (χ0n) is 8.32. The van der Waals surface area contributed by atoms with Crippen LogP contribution in [0.25, 0.3) is 0 Å². The van der Waals surface area contributed by atoms with E-state index in [1.165, 1.54) is 6.42 Å². The third kappa shape index (κ3) is 2.19. The molecule has 0 aromatic rings. The van der Waals surface area contributed by atoms with Crippen LogP contribution in [0.1, 0.15) is 13.3 Å². The molecule has 0 saturated carbocycles. The van der Waals surface area contributed by atoms with E-state index in [4.69, 9.17) is 5.11 Å². The molecule has 1 heterocycles. The molecular formula is C9H20N2O. The van der Waals surface area contributed by atoms with Gasteiger partial charge in [0.1, 0.15) is 0 Å². The van der Waals surface area contributed by atoms with Gasteiger partial charge in [-0.25, -0.2) is 0 Å². The first-order valence-corrected chi connectivity index (χ1v) is 4.66. The number of hydrogen-bond acceptors (Lipinski definition) is 3. The second kappa shape index (κ2) is 4.21. The predicted octanol–water partition coefficient (Wildman–Crippen LogP) is 0.00310. The van der Waals surface area contributed by atoms with E-state index in [9.17, 15) is 0 Å². The first-order chi connectivity index (χ1) is 5.65. The van der Waals surface area contributed by atoms with E-state index in [1.54, 1.807) is 0 Å². The Morgan fingerprint density at radius 2 is 2.25 bits per heavy atom. The van der Waals surface area contributed by atoms with Gasteiger partial charge in [-0.2, -0.15) is 0 Å². The maximum atomic E-state index is 8.77. The Hall–Kier alpha value is -0.120. The highest BCUT2D eigenvalue weighted by molar-refractivity contribution is 4.85. The van der Waals surface area contributed by atoms with E-state index in [2.05, 4.69) is 30.8 Å². The maximum absolute atomic E-state index is 8.77. The molecule has 0 spiro atoms. The summed E-state index contributed by atoms with van der Waals surface area (Å²) < 4.78 is 0. The van der Waals surface area contributed by atoms with E-state index in [0.29, 0.717) is 12.1 Å². The molecule has 2 unspecified atom stereocenters. The molecule has 3 nitrogen and oxygen atoms in total. The van der Waals surface area contributed by atoms with Crippen molar-refractivity contribution < 1.29 is 5.11 Å². The average Bonchev–Trinajstić information content (AvgIpc) is 2.33. The van der Waals surface area contributed by atoms with Crippen LogP contribution in [0.4, 0.5) is 0 Å². The number of rotatable bonds is 3. The minimum atomic E-state index is 0.269. The van der Waals surface area contributed by atoms with Crippen molar-refractivity contribution in [2.45, 2.75) is 25.4 Å². The van der Waals surface area contributed by atoms with E-state index in [1.807, 2.05) is 0 Å². The highest BCUT2D eigenvalue weighted by Gasteiger charge is 2.28. The summed E-state index contributed by atoms with van der Waals surface area (Å²) in [4.78, 5) is 4.62. The molecule has 3 heteroatoms. The van der Waals surface area contributed by atoms with Crippen molar-refractivity contribution in [2.75, 3.05) is 33.8 Å². The molecule has 0 bridgehead atoms. The van der Waals surface area contributed by atoms with Crippen LogP contribution < -0.4 is 0 Å². The molecule has 0 amide bonds. The summed E-state index contributed by atoms with van der Waals surface area (Å²) in [6.07, 6.45) is 1.23. The van der Waals surface area contributed by atoms with E-state index >= 15 is 0 Å². The van der Waals surface area contributed by atoms with Gasteiger partial charge in [0.05, 0.1) is 6.61 Å². The lowest BCUT2D eigenvalue weighted by Gasteiger charge is -2.22. The second-order valence-corrected chi connectivity index (χ2v) is 3.88. The SMILES string of the molecule is CC1CC(N(C)CCO)CN1C. The van der Waals surface area contributed by atoms with Gasteiger partial charge in [-0.1, -0.05) is 0 Å². The lowest BCUT2D eigenvalue weighted by Crippen LogP contribution is -2.35. The van der Waals surface area contributed by atoms with Crippen LogP contribution in [-0.2, 0) is 0 Å². The van der Waals surface area contributed by atoms with Crippen molar-refractivity contribution in [1.29, 1.82) is 0 Å². The van der Waals surface area contributed by atoms with Crippen LogP contribution in [0.2, 0.25) is 0 Å². The smallest absolute Gasteiger partial charge is 0.0558 e. The summed E-state index contributed by atoms with van der Waals surface area (Å²) in [6.45, 7) is 4.46. The van der Waals surface area contributed by atoms with Gasteiger partial charge in [-0.3, -0.25) is 4.90 Å². The molecule has 1 fully saturated rings. The van der Waals surface area contributed by atoms with Gasteiger partial charge in [0.15, 0.2) is 0 Å². The van der Waals surface area contributed by atoms with Gasteiger partial charge in [-0.05, 0) is 27.4 Å². The van der Waals surface area contributed by atoms with Crippen molar-refractivity contribution in [2.24, 2.45) is 0 Å². The first kappa shape index (κ1) is 9.96. The number of aliphatic hydroxyl groups is 1. The van der Waals surface area contributed by atoms with Crippen molar-refractivity contribution in [3.8, 4) is 0 Å². The number of hydrogen-bond donors (Lipinski definition) is 1. The fraction of sp³-hybridized carbons (Fsp3) is 1.00. The summed E-state index contributed by atoms with van der Waals surface area (Å²) in [5.41, 5.74) is 0. The lowest BCUT2D eigenvalue weighted by molar-refractivity contribution is 0.181. The van der Waals surface area contributed by atoms with Crippen molar-refractivity contribution >= 4 is 0 Å². The molecule has 0 aromatic heterocycles. The molecule has 12 heavy (non-hydrogen) atoms. The topological polar surface area (TPSA) is 26.7 Å². The van der Waals surface area contributed by atoms with Gasteiger partial charge in [-0.15, -0.1) is 0 Å². The Balaban J connectivity index is 2.35. The number of likely N-dealkylation sites (N-methyl/N-ethyl adjacent to an activating group) is 2. The van der Waals surface area contributed by atoms with Gasteiger partial charge in [0.25, 0.3) is 0 Å². The van der Waals surface area contributed by atoms with Gasteiger partial charge < -0.3 is 10.0 Å². The fourth-order valence-corrected chi connectivity index (χ4v) is 1.82. The number of nitrogens with zero attached hydrogens (tertiary/aromatic N) is 2. The van der Waals surface area contributed by atoms with Crippen molar-refractivity contribution in [3.63, 3.8) is 0 Å². The fourth-order valence-electron chi connectivity index (χ4n) is 1.82. The van der Waals surface area contributed by atoms with Crippen LogP contribution in [0.5, 0.6) is 0 Å². The monoisotopic (exact) mass is 172 g/mol. The second-order valence-electron chi connectivity index (χ2n) is 3.88. The Bertz CT molecular complexity index is 130. The molecule has 1 N–H and O–H groups in total.